The number of aryl methyl sites for hydroxylation is 1. The molecule has 0 aliphatic carbocycles. The Balaban J connectivity index is 1.57. The Morgan fingerprint density at radius 1 is 1.08 bits per heavy atom. The van der Waals surface area contributed by atoms with E-state index in [0.29, 0.717) is 23.7 Å². The third-order valence-electron chi connectivity index (χ3n) is 4.03. The van der Waals surface area contributed by atoms with Crippen molar-refractivity contribution in [2.75, 3.05) is 0 Å². The first-order valence-electron chi connectivity index (χ1n) is 8.11. The number of rotatable bonds is 5. The number of hydrogen-bond donors (Lipinski definition) is 1. The van der Waals surface area contributed by atoms with Crippen LogP contribution in [0.3, 0.4) is 0 Å². The second kappa shape index (κ2) is 6.67. The molecule has 0 aromatic carbocycles. The summed E-state index contributed by atoms with van der Waals surface area (Å²) in [4.78, 5) is 17.1. The number of hydrogen-bond acceptors (Lipinski definition) is 4. The highest BCUT2D eigenvalue weighted by atomic mass is 16.1. The molecule has 0 spiro atoms. The van der Waals surface area contributed by atoms with Crippen LogP contribution in [-0.2, 0) is 13.6 Å². The predicted octanol–water partition coefficient (Wildman–Crippen LogP) is 1.72. The molecule has 4 heterocycles. The second-order valence-corrected chi connectivity index (χ2v) is 5.72. The van der Waals surface area contributed by atoms with Gasteiger partial charge in [-0.15, -0.1) is 0 Å². The predicted molar refractivity (Wildman–Crippen MR) is 95.1 cm³/mol. The van der Waals surface area contributed by atoms with Crippen molar-refractivity contribution < 1.29 is 4.79 Å². The van der Waals surface area contributed by atoms with E-state index in [0.717, 1.165) is 5.56 Å². The van der Waals surface area contributed by atoms with Gasteiger partial charge in [0.05, 0.1) is 6.20 Å². The van der Waals surface area contributed by atoms with E-state index in [1.54, 1.807) is 28.0 Å². The standard InChI is InChI=1S/C18H17N7O/c1-23-18(24-9-2-3-10-24)15(13-22-23)17(26)20-12-14-6-4-7-19-16(14)25-11-5-8-21-25/h2-11,13H,12H2,1H3,(H,20,26). The molecule has 4 aromatic rings. The Hall–Kier alpha value is -3.68. The molecule has 0 aliphatic heterocycles. The molecule has 8 nitrogen and oxygen atoms in total. The van der Waals surface area contributed by atoms with Crippen molar-refractivity contribution in [3.05, 3.63) is 78.6 Å². The quantitative estimate of drug-likeness (QED) is 0.596. The van der Waals surface area contributed by atoms with Crippen molar-refractivity contribution >= 4 is 5.91 Å². The lowest BCUT2D eigenvalue weighted by molar-refractivity contribution is 0.0951. The molecule has 0 atom stereocenters. The van der Waals surface area contributed by atoms with E-state index in [-0.39, 0.29) is 5.91 Å². The van der Waals surface area contributed by atoms with Gasteiger partial charge in [-0.05, 0) is 24.3 Å². The molecule has 0 aliphatic rings. The van der Waals surface area contributed by atoms with Gasteiger partial charge < -0.3 is 9.88 Å². The Morgan fingerprint density at radius 2 is 1.92 bits per heavy atom. The Morgan fingerprint density at radius 3 is 2.69 bits per heavy atom. The maximum Gasteiger partial charge on any atom is 0.256 e. The van der Waals surface area contributed by atoms with Crippen molar-refractivity contribution in [2.24, 2.45) is 7.05 Å². The number of amides is 1. The molecule has 0 saturated carbocycles. The highest BCUT2D eigenvalue weighted by Crippen LogP contribution is 2.15. The summed E-state index contributed by atoms with van der Waals surface area (Å²) < 4.78 is 5.21. The summed E-state index contributed by atoms with van der Waals surface area (Å²) >= 11 is 0. The van der Waals surface area contributed by atoms with Crippen molar-refractivity contribution in [3.8, 4) is 11.6 Å². The average Bonchev–Trinajstić information content (AvgIpc) is 3.41. The Labute approximate surface area is 149 Å². The van der Waals surface area contributed by atoms with Gasteiger partial charge in [0.1, 0.15) is 11.4 Å². The first-order chi connectivity index (χ1) is 12.7. The molecule has 4 rings (SSSR count). The van der Waals surface area contributed by atoms with Gasteiger partial charge in [0, 0.05) is 50.1 Å². The first kappa shape index (κ1) is 15.8. The normalized spacial score (nSPS) is 10.8. The largest absolute Gasteiger partial charge is 0.348 e. The lowest BCUT2D eigenvalue weighted by atomic mass is 10.2. The third kappa shape index (κ3) is 2.88. The van der Waals surface area contributed by atoms with Gasteiger partial charge >= 0.3 is 0 Å². The lowest BCUT2D eigenvalue weighted by Crippen LogP contribution is -2.25. The van der Waals surface area contributed by atoms with E-state index in [1.807, 2.05) is 60.5 Å². The van der Waals surface area contributed by atoms with Gasteiger partial charge in [-0.25, -0.2) is 9.67 Å². The van der Waals surface area contributed by atoms with Crippen LogP contribution >= 0.6 is 0 Å². The average molecular weight is 347 g/mol. The summed E-state index contributed by atoms with van der Waals surface area (Å²) in [7, 11) is 1.81. The molecule has 0 unspecified atom stereocenters. The van der Waals surface area contributed by atoms with Crippen LogP contribution in [0, 0.1) is 0 Å². The zero-order chi connectivity index (χ0) is 17.9. The molecule has 4 aromatic heterocycles. The summed E-state index contributed by atoms with van der Waals surface area (Å²) in [5.41, 5.74) is 1.38. The molecule has 1 N–H and O–H groups in total. The summed E-state index contributed by atoms with van der Waals surface area (Å²) in [6, 6.07) is 9.39. The number of carbonyl (C=O) groups excluding carboxylic acids is 1. The fourth-order valence-corrected chi connectivity index (χ4v) is 2.81. The maximum atomic E-state index is 12.7. The van der Waals surface area contributed by atoms with E-state index in [1.165, 1.54) is 0 Å². The van der Waals surface area contributed by atoms with Gasteiger partial charge in [0.25, 0.3) is 5.91 Å². The van der Waals surface area contributed by atoms with Crippen molar-refractivity contribution in [1.29, 1.82) is 0 Å². The molecule has 0 bridgehead atoms. The summed E-state index contributed by atoms with van der Waals surface area (Å²) in [6.07, 6.45) is 10.5. The molecule has 130 valence electrons. The molecule has 26 heavy (non-hydrogen) atoms. The highest BCUT2D eigenvalue weighted by Gasteiger charge is 2.17. The zero-order valence-electron chi connectivity index (χ0n) is 14.1. The van der Waals surface area contributed by atoms with Crippen LogP contribution in [0.25, 0.3) is 11.6 Å². The minimum absolute atomic E-state index is 0.197. The Kier molecular flexibility index (Phi) is 4.06. The highest BCUT2D eigenvalue weighted by molar-refractivity contribution is 5.97. The molecule has 0 saturated heterocycles. The second-order valence-electron chi connectivity index (χ2n) is 5.72. The maximum absolute atomic E-state index is 12.7. The van der Waals surface area contributed by atoms with E-state index in [4.69, 9.17) is 0 Å². The van der Waals surface area contributed by atoms with Crippen LogP contribution < -0.4 is 5.32 Å². The Bertz CT molecular complexity index is 1020. The van der Waals surface area contributed by atoms with E-state index >= 15 is 0 Å². The van der Waals surface area contributed by atoms with E-state index in [9.17, 15) is 4.79 Å². The van der Waals surface area contributed by atoms with Crippen LogP contribution in [-0.4, -0.2) is 35.0 Å². The molecule has 8 heteroatoms. The minimum Gasteiger partial charge on any atom is -0.348 e. The van der Waals surface area contributed by atoms with Gasteiger partial charge in [-0.3, -0.25) is 9.48 Å². The summed E-state index contributed by atoms with van der Waals surface area (Å²) in [5, 5.41) is 11.4. The van der Waals surface area contributed by atoms with Crippen LogP contribution in [0.4, 0.5) is 0 Å². The van der Waals surface area contributed by atoms with Gasteiger partial charge in [-0.1, -0.05) is 6.07 Å². The van der Waals surface area contributed by atoms with Crippen molar-refractivity contribution in [2.45, 2.75) is 6.54 Å². The smallest absolute Gasteiger partial charge is 0.256 e. The van der Waals surface area contributed by atoms with Gasteiger partial charge in [0.15, 0.2) is 5.82 Å². The lowest BCUT2D eigenvalue weighted by Gasteiger charge is -2.11. The number of nitrogens with one attached hydrogen (secondary N) is 1. The number of nitrogens with zero attached hydrogens (tertiary/aromatic N) is 6. The van der Waals surface area contributed by atoms with Crippen LogP contribution in [0.2, 0.25) is 0 Å². The molecule has 0 fully saturated rings. The molecule has 1 amide bonds. The van der Waals surface area contributed by atoms with Crippen molar-refractivity contribution in [3.63, 3.8) is 0 Å². The SMILES string of the molecule is Cn1ncc(C(=O)NCc2cccnc2-n2cccn2)c1-n1cccc1. The van der Waals surface area contributed by atoms with E-state index in [2.05, 4.69) is 20.5 Å². The summed E-state index contributed by atoms with van der Waals surface area (Å²) in [6.45, 7) is 0.335. The van der Waals surface area contributed by atoms with Gasteiger partial charge in [0.2, 0.25) is 0 Å². The number of carbonyl (C=O) groups is 1. The van der Waals surface area contributed by atoms with Crippen LogP contribution in [0.1, 0.15) is 15.9 Å². The number of pyridine rings is 1. The third-order valence-corrected chi connectivity index (χ3v) is 4.03. The molecular weight excluding hydrogens is 330 g/mol. The molecule has 0 radical (unpaired) electrons. The fourth-order valence-electron chi connectivity index (χ4n) is 2.81. The number of aromatic nitrogens is 6. The van der Waals surface area contributed by atoms with E-state index < -0.39 is 0 Å². The fraction of sp³-hybridized carbons (Fsp3) is 0.111. The zero-order valence-corrected chi connectivity index (χ0v) is 14.1. The first-order valence-corrected chi connectivity index (χ1v) is 8.11. The van der Waals surface area contributed by atoms with Crippen LogP contribution in [0.15, 0.2) is 67.5 Å². The minimum atomic E-state index is -0.197. The molecular formula is C18H17N7O. The topological polar surface area (TPSA) is 82.6 Å². The monoisotopic (exact) mass is 347 g/mol. The van der Waals surface area contributed by atoms with Crippen molar-refractivity contribution in [1.82, 2.24) is 34.4 Å². The summed E-state index contributed by atoms with van der Waals surface area (Å²) in [5.74, 6) is 1.21. The van der Waals surface area contributed by atoms with Crippen LogP contribution in [0.5, 0.6) is 0 Å². The van der Waals surface area contributed by atoms with Gasteiger partial charge in [-0.2, -0.15) is 10.2 Å².